The summed E-state index contributed by atoms with van der Waals surface area (Å²) in [5, 5.41) is 0. The van der Waals surface area contributed by atoms with Gasteiger partial charge < -0.3 is 4.74 Å². The van der Waals surface area contributed by atoms with Crippen LogP contribution in [-0.4, -0.2) is 20.3 Å². The molecule has 3 heteroatoms. The Morgan fingerprint density at radius 1 is 1.24 bits per heavy atom. The van der Waals surface area contributed by atoms with E-state index in [0.29, 0.717) is 12.1 Å². The number of esters is 1. The van der Waals surface area contributed by atoms with Gasteiger partial charge in [0.15, 0.2) is 0 Å². The molecule has 0 N–H and O–H groups in total. The van der Waals surface area contributed by atoms with Crippen molar-refractivity contribution in [2.75, 3.05) is 6.23 Å². The van der Waals surface area contributed by atoms with Crippen LogP contribution in [0, 0.1) is 5.41 Å². The number of rotatable bonds is 7. The molecular weight excluding hydrogens is 276 g/mol. The van der Waals surface area contributed by atoms with Crippen molar-refractivity contribution in [2.24, 2.45) is 5.41 Å². The van der Waals surface area contributed by atoms with Crippen molar-refractivity contribution in [1.29, 1.82) is 0 Å². The van der Waals surface area contributed by atoms with E-state index in [1.165, 1.54) is 5.56 Å². The Morgan fingerprint density at radius 3 is 2.29 bits per heavy atom. The molecule has 2 atom stereocenters. The summed E-state index contributed by atoms with van der Waals surface area (Å²) in [6, 6.07) is 10.4. The lowest BCUT2D eigenvalue weighted by molar-refractivity contribution is -0.154. The van der Waals surface area contributed by atoms with Crippen molar-refractivity contribution in [2.45, 2.75) is 59.2 Å². The Labute approximate surface area is 130 Å². The molecule has 0 aliphatic rings. The number of benzene rings is 1. The molecule has 0 fully saturated rings. The van der Waals surface area contributed by atoms with E-state index >= 15 is 0 Å². The fourth-order valence-electron chi connectivity index (χ4n) is 2.40. The molecule has 2 nitrogen and oxygen atoms in total. The van der Waals surface area contributed by atoms with E-state index in [1.807, 2.05) is 13.0 Å². The molecular formula is C18H30O2Si. The molecule has 0 bridgehead atoms. The van der Waals surface area contributed by atoms with E-state index in [4.69, 9.17) is 4.74 Å². The van der Waals surface area contributed by atoms with Gasteiger partial charge in [-0.1, -0.05) is 63.8 Å². The summed E-state index contributed by atoms with van der Waals surface area (Å²) in [7, 11) is -1.36. The summed E-state index contributed by atoms with van der Waals surface area (Å²) < 4.78 is 5.62. The molecule has 0 radical (unpaired) electrons. The van der Waals surface area contributed by atoms with Crippen LogP contribution in [0.1, 0.15) is 45.1 Å². The van der Waals surface area contributed by atoms with Gasteiger partial charge in [-0.2, -0.15) is 0 Å². The number of ether oxygens (including phenoxy) is 1. The van der Waals surface area contributed by atoms with Gasteiger partial charge in [-0.25, -0.2) is 0 Å². The summed E-state index contributed by atoms with van der Waals surface area (Å²) in [4.78, 5) is 12.5. The van der Waals surface area contributed by atoms with E-state index < -0.39 is 13.5 Å². The SMILES string of the molecule is CCC(C)(CC(C)c1ccccc1)C(=O)OC[Si](C)(C)C. The van der Waals surface area contributed by atoms with Crippen molar-refractivity contribution < 1.29 is 9.53 Å². The Morgan fingerprint density at radius 2 is 1.81 bits per heavy atom. The van der Waals surface area contributed by atoms with Crippen LogP contribution in [0.4, 0.5) is 0 Å². The molecule has 0 aromatic heterocycles. The number of carbonyl (C=O) groups excluding carboxylic acids is 1. The zero-order chi connectivity index (χ0) is 16.1. The van der Waals surface area contributed by atoms with Gasteiger partial charge in [0, 0.05) is 0 Å². The second kappa shape index (κ2) is 7.26. The van der Waals surface area contributed by atoms with Gasteiger partial charge in [-0.05, 0) is 31.2 Å². The van der Waals surface area contributed by atoms with Gasteiger partial charge in [-0.3, -0.25) is 4.79 Å². The quantitative estimate of drug-likeness (QED) is 0.522. The predicted octanol–water partition coefficient (Wildman–Crippen LogP) is 5.02. The van der Waals surface area contributed by atoms with Crippen LogP contribution in [0.2, 0.25) is 19.6 Å². The maximum absolute atomic E-state index is 12.5. The molecule has 0 heterocycles. The van der Waals surface area contributed by atoms with Crippen LogP contribution >= 0.6 is 0 Å². The zero-order valence-corrected chi connectivity index (χ0v) is 15.4. The lowest BCUT2D eigenvalue weighted by Gasteiger charge is -2.30. The second-order valence-electron chi connectivity index (χ2n) is 7.57. The third-order valence-electron chi connectivity index (χ3n) is 4.03. The summed E-state index contributed by atoms with van der Waals surface area (Å²) in [6.45, 7) is 13.0. The first-order chi connectivity index (χ1) is 9.68. The van der Waals surface area contributed by atoms with Gasteiger partial charge in [0.2, 0.25) is 0 Å². The Kier molecular flexibility index (Phi) is 6.20. The van der Waals surface area contributed by atoms with Crippen molar-refractivity contribution >= 4 is 14.0 Å². The molecule has 0 aliphatic heterocycles. The van der Waals surface area contributed by atoms with Crippen LogP contribution in [-0.2, 0) is 9.53 Å². The van der Waals surface area contributed by atoms with E-state index in [2.05, 4.69) is 57.8 Å². The minimum Gasteiger partial charge on any atom is -0.469 e. The standard InChI is InChI=1S/C18H30O2Si/c1-7-18(3,17(19)20-14-21(4,5)6)13-15(2)16-11-9-8-10-12-16/h8-12,15H,7,13-14H2,1-6H3. The van der Waals surface area contributed by atoms with Gasteiger partial charge in [0.05, 0.1) is 19.7 Å². The fraction of sp³-hybridized carbons (Fsp3) is 0.611. The first-order valence-electron chi connectivity index (χ1n) is 7.90. The molecule has 1 aromatic carbocycles. The summed E-state index contributed by atoms with van der Waals surface area (Å²) in [5.41, 5.74) is 0.893. The van der Waals surface area contributed by atoms with Gasteiger partial charge in [-0.15, -0.1) is 0 Å². The molecule has 0 saturated heterocycles. The number of carbonyl (C=O) groups is 1. The largest absolute Gasteiger partial charge is 0.469 e. The van der Waals surface area contributed by atoms with Crippen LogP contribution < -0.4 is 0 Å². The fourth-order valence-corrected chi connectivity index (χ4v) is 2.97. The first-order valence-corrected chi connectivity index (χ1v) is 11.6. The lowest BCUT2D eigenvalue weighted by atomic mass is 9.77. The Hall–Kier alpha value is -1.09. The highest BCUT2D eigenvalue weighted by Gasteiger charge is 2.35. The molecule has 0 saturated carbocycles. The highest BCUT2D eigenvalue weighted by molar-refractivity contribution is 6.76. The number of hydrogen-bond acceptors (Lipinski definition) is 2. The lowest BCUT2D eigenvalue weighted by Crippen LogP contribution is -2.36. The Bertz CT molecular complexity index is 450. The zero-order valence-electron chi connectivity index (χ0n) is 14.4. The van der Waals surface area contributed by atoms with Gasteiger partial charge in [0.1, 0.15) is 0 Å². The smallest absolute Gasteiger partial charge is 0.311 e. The van der Waals surface area contributed by atoms with Crippen molar-refractivity contribution in [3.63, 3.8) is 0 Å². The molecule has 2 unspecified atom stereocenters. The molecule has 0 aliphatic carbocycles. The maximum Gasteiger partial charge on any atom is 0.311 e. The molecule has 0 amide bonds. The molecule has 118 valence electrons. The minimum absolute atomic E-state index is 0.0322. The predicted molar refractivity (Wildman–Crippen MR) is 92.2 cm³/mol. The maximum atomic E-state index is 12.5. The highest BCUT2D eigenvalue weighted by Crippen LogP contribution is 2.35. The third-order valence-corrected chi connectivity index (χ3v) is 5.05. The monoisotopic (exact) mass is 306 g/mol. The average molecular weight is 307 g/mol. The van der Waals surface area contributed by atoms with Crippen LogP contribution in [0.3, 0.4) is 0 Å². The molecule has 1 aromatic rings. The first kappa shape index (κ1) is 18.0. The summed E-state index contributed by atoms with van der Waals surface area (Å²) >= 11 is 0. The highest BCUT2D eigenvalue weighted by atomic mass is 28.3. The van der Waals surface area contributed by atoms with Crippen LogP contribution in [0.15, 0.2) is 30.3 Å². The molecule has 0 spiro atoms. The second-order valence-corrected chi connectivity index (χ2v) is 13.0. The molecule has 21 heavy (non-hydrogen) atoms. The van der Waals surface area contributed by atoms with Crippen molar-refractivity contribution in [1.82, 2.24) is 0 Å². The topological polar surface area (TPSA) is 26.3 Å². The van der Waals surface area contributed by atoms with Crippen LogP contribution in [0.5, 0.6) is 0 Å². The van der Waals surface area contributed by atoms with E-state index in [1.54, 1.807) is 0 Å². The molecule has 1 rings (SSSR count). The minimum atomic E-state index is -1.36. The van der Waals surface area contributed by atoms with Gasteiger partial charge >= 0.3 is 5.97 Å². The summed E-state index contributed by atoms with van der Waals surface area (Å²) in [6.07, 6.45) is 2.26. The van der Waals surface area contributed by atoms with E-state index in [0.717, 1.165) is 12.8 Å². The van der Waals surface area contributed by atoms with E-state index in [9.17, 15) is 4.79 Å². The third kappa shape index (κ3) is 5.66. The number of hydrogen-bond donors (Lipinski definition) is 0. The van der Waals surface area contributed by atoms with Gasteiger partial charge in [0.25, 0.3) is 0 Å². The Balaban J connectivity index is 2.73. The van der Waals surface area contributed by atoms with Crippen molar-refractivity contribution in [3.05, 3.63) is 35.9 Å². The average Bonchev–Trinajstić information content (AvgIpc) is 2.44. The normalized spacial score (nSPS) is 16.1. The van der Waals surface area contributed by atoms with Crippen molar-refractivity contribution in [3.8, 4) is 0 Å². The summed E-state index contributed by atoms with van der Waals surface area (Å²) in [5.74, 6) is 0.325. The van der Waals surface area contributed by atoms with Crippen LogP contribution in [0.25, 0.3) is 0 Å². The van der Waals surface area contributed by atoms with E-state index in [-0.39, 0.29) is 5.97 Å².